The predicted octanol–water partition coefficient (Wildman–Crippen LogP) is 4.24. The van der Waals surface area contributed by atoms with Gasteiger partial charge in [0.25, 0.3) is 11.7 Å². The average molecular weight is 424 g/mol. The lowest BCUT2D eigenvalue weighted by atomic mass is 9.94. The van der Waals surface area contributed by atoms with Gasteiger partial charge in [-0.3, -0.25) is 9.59 Å². The van der Waals surface area contributed by atoms with Gasteiger partial charge in [-0.25, -0.2) is 0 Å². The SMILES string of the molecule is COCCCN1C(=O)C(=O)/C(=C(/O)c2ccc(OC(C)C)cc2)C1c1ccc(C)cc1. The van der Waals surface area contributed by atoms with Crippen LogP contribution in [0.15, 0.2) is 54.1 Å². The van der Waals surface area contributed by atoms with Crippen molar-refractivity contribution in [2.75, 3.05) is 20.3 Å². The average Bonchev–Trinajstić information content (AvgIpc) is 2.99. The molecule has 0 aliphatic carbocycles. The molecule has 3 rings (SSSR count). The number of nitrogens with zero attached hydrogens (tertiary/aromatic N) is 1. The van der Waals surface area contributed by atoms with Crippen LogP contribution in [-0.4, -0.2) is 48.1 Å². The number of carbonyl (C=O) groups is 2. The minimum atomic E-state index is -0.678. The Kier molecular flexibility index (Phi) is 7.13. The highest BCUT2D eigenvalue weighted by Gasteiger charge is 2.45. The number of likely N-dealkylation sites (tertiary alicyclic amines) is 1. The van der Waals surface area contributed by atoms with Gasteiger partial charge in [-0.2, -0.15) is 0 Å². The summed E-state index contributed by atoms with van der Waals surface area (Å²) in [5.74, 6) is -0.804. The van der Waals surface area contributed by atoms with E-state index in [1.165, 1.54) is 4.90 Å². The number of Topliss-reactive ketones (excluding diaryl/α,β-unsaturated/α-hetero) is 1. The van der Waals surface area contributed by atoms with Crippen LogP contribution in [0.25, 0.3) is 5.76 Å². The van der Waals surface area contributed by atoms with Crippen LogP contribution in [0.1, 0.15) is 43.0 Å². The number of hydrogen-bond donors (Lipinski definition) is 1. The Morgan fingerprint density at radius 3 is 2.29 bits per heavy atom. The van der Waals surface area contributed by atoms with Crippen molar-refractivity contribution in [3.05, 3.63) is 70.8 Å². The van der Waals surface area contributed by atoms with E-state index in [2.05, 4.69) is 0 Å². The quantitative estimate of drug-likeness (QED) is 0.297. The molecule has 6 heteroatoms. The number of hydrogen-bond acceptors (Lipinski definition) is 5. The summed E-state index contributed by atoms with van der Waals surface area (Å²) in [7, 11) is 1.60. The summed E-state index contributed by atoms with van der Waals surface area (Å²) in [5.41, 5.74) is 2.41. The summed E-state index contributed by atoms with van der Waals surface area (Å²) in [6, 6.07) is 13.9. The van der Waals surface area contributed by atoms with E-state index in [0.717, 1.165) is 11.1 Å². The first-order valence-electron chi connectivity index (χ1n) is 10.4. The normalized spacial score (nSPS) is 18.1. The van der Waals surface area contributed by atoms with E-state index >= 15 is 0 Å². The number of ether oxygens (including phenoxy) is 2. The minimum absolute atomic E-state index is 0.0263. The van der Waals surface area contributed by atoms with Crippen molar-refractivity contribution in [2.24, 2.45) is 0 Å². The molecule has 1 unspecified atom stereocenters. The summed E-state index contributed by atoms with van der Waals surface area (Å²) in [6.45, 7) is 6.66. The molecule has 2 aromatic carbocycles. The summed E-state index contributed by atoms with van der Waals surface area (Å²) < 4.78 is 10.8. The molecule has 0 aromatic heterocycles. The first kappa shape index (κ1) is 22.6. The van der Waals surface area contributed by atoms with Crippen LogP contribution in [0.3, 0.4) is 0 Å². The number of aryl methyl sites for hydroxylation is 1. The fraction of sp³-hybridized carbons (Fsp3) is 0.360. The molecular formula is C25H29NO5. The van der Waals surface area contributed by atoms with Crippen molar-refractivity contribution in [3.63, 3.8) is 0 Å². The molecule has 1 amide bonds. The molecule has 1 saturated heterocycles. The summed E-state index contributed by atoms with van der Waals surface area (Å²) >= 11 is 0. The zero-order valence-corrected chi connectivity index (χ0v) is 18.4. The smallest absolute Gasteiger partial charge is 0.295 e. The number of rotatable bonds is 8. The number of ketones is 1. The third-order valence-electron chi connectivity index (χ3n) is 5.18. The molecule has 0 radical (unpaired) electrons. The van der Waals surface area contributed by atoms with Gasteiger partial charge < -0.3 is 19.5 Å². The summed E-state index contributed by atoms with van der Waals surface area (Å²) in [4.78, 5) is 27.3. The first-order valence-corrected chi connectivity index (χ1v) is 10.4. The molecule has 0 spiro atoms. The Morgan fingerprint density at radius 1 is 1.06 bits per heavy atom. The van der Waals surface area contributed by atoms with Gasteiger partial charge in [-0.15, -0.1) is 0 Å². The van der Waals surface area contributed by atoms with E-state index in [0.29, 0.717) is 30.9 Å². The lowest BCUT2D eigenvalue weighted by Gasteiger charge is -2.25. The number of amides is 1. The maximum Gasteiger partial charge on any atom is 0.295 e. The third-order valence-corrected chi connectivity index (χ3v) is 5.18. The molecule has 1 aliphatic heterocycles. The first-order chi connectivity index (χ1) is 14.8. The number of carbonyl (C=O) groups excluding carboxylic acids is 2. The van der Waals surface area contributed by atoms with E-state index in [-0.39, 0.29) is 17.4 Å². The molecule has 6 nitrogen and oxygen atoms in total. The predicted molar refractivity (Wildman–Crippen MR) is 119 cm³/mol. The topological polar surface area (TPSA) is 76.1 Å². The zero-order valence-electron chi connectivity index (χ0n) is 18.4. The van der Waals surface area contributed by atoms with Crippen molar-refractivity contribution in [2.45, 2.75) is 39.3 Å². The lowest BCUT2D eigenvalue weighted by Crippen LogP contribution is -2.31. The van der Waals surface area contributed by atoms with Crippen LogP contribution >= 0.6 is 0 Å². The van der Waals surface area contributed by atoms with Gasteiger partial charge in [-0.1, -0.05) is 29.8 Å². The van der Waals surface area contributed by atoms with Gasteiger partial charge >= 0.3 is 0 Å². The van der Waals surface area contributed by atoms with Crippen LogP contribution < -0.4 is 4.74 Å². The molecule has 1 atom stereocenters. The van der Waals surface area contributed by atoms with E-state index in [4.69, 9.17) is 9.47 Å². The van der Waals surface area contributed by atoms with Gasteiger partial charge in [0.1, 0.15) is 11.5 Å². The zero-order chi connectivity index (χ0) is 22.5. The third kappa shape index (κ3) is 4.97. The second kappa shape index (κ2) is 9.79. The van der Waals surface area contributed by atoms with Gasteiger partial charge in [0.15, 0.2) is 0 Å². The van der Waals surface area contributed by atoms with Crippen molar-refractivity contribution in [1.82, 2.24) is 4.90 Å². The van der Waals surface area contributed by atoms with Gasteiger partial charge in [-0.05, 0) is 57.0 Å². The van der Waals surface area contributed by atoms with Crippen molar-refractivity contribution in [3.8, 4) is 5.75 Å². The van der Waals surface area contributed by atoms with Crippen LogP contribution in [0, 0.1) is 6.92 Å². The Balaban J connectivity index is 2.04. The summed E-state index contributed by atoms with van der Waals surface area (Å²) in [6.07, 6.45) is 0.617. The van der Waals surface area contributed by atoms with Crippen LogP contribution in [-0.2, 0) is 14.3 Å². The minimum Gasteiger partial charge on any atom is -0.507 e. The monoisotopic (exact) mass is 423 g/mol. The Morgan fingerprint density at radius 2 is 1.71 bits per heavy atom. The molecule has 1 N–H and O–H groups in total. The number of benzene rings is 2. The number of methoxy groups -OCH3 is 1. The highest BCUT2D eigenvalue weighted by molar-refractivity contribution is 6.46. The summed E-state index contributed by atoms with van der Waals surface area (Å²) in [5, 5.41) is 11.1. The second-order valence-corrected chi connectivity index (χ2v) is 7.94. The molecule has 2 aromatic rings. The molecular weight excluding hydrogens is 394 g/mol. The molecule has 1 aliphatic rings. The van der Waals surface area contributed by atoms with E-state index in [9.17, 15) is 14.7 Å². The van der Waals surface area contributed by atoms with Crippen LogP contribution in [0.2, 0.25) is 0 Å². The van der Waals surface area contributed by atoms with Crippen molar-refractivity contribution < 1.29 is 24.2 Å². The van der Waals surface area contributed by atoms with Crippen LogP contribution in [0.4, 0.5) is 0 Å². The second-order valence-electron chi connectivity index (χ2n) is 7.94. The highest BCUT2D eigenvalue weighted by atomic mass is 16.5. The number of aliphatic hydroxyl groups excluding tert-OH is 1. The molecule has 0 saturated carbocycles. The van der Waals surface area contributed by atoms with Gasteiger partial charge in [0, 0.05) is 25.8 Å². The van der Waals surface area contributed by atoms with Crippen LogP contribution in [0.5, 0.6) is 5.75 Å². The molecule has 31 heavy (non-hydrogen) atoms. The Bertz CT molecular complexity index is 960. The molecule has 164 valence electrons. The molecule has 1 fully saturated rings. The van der Waals surface area contributed by atoms with Gasteiger partial charge in [0.2, 0.25) is 0 Å². The van der Waals surface area contributed by atoms with Crippen molar-refractivity contribution >= 4 is 17.4 Å². The largest absolute Gasteiger partial charge is 0.507 e. The lowest BCUT2D eigenvalue weighted by molar-refractivity contribution is -0.140. The fourth-order valence-electron chi connectivity index (χ4n) is 3.70. The molecule has 1 heterocycles. The van der Waals surface area contributed by atoms with Gasteiger partial charge in [0.05, 0.1) is 17.7 Å². The van der Waals surface area contributed by atoms with Crippen molar-refractivity contribution in [1.29, 1.82) is 0 Å². The van der Waals surface area contributed by atoms with E-state index in [1.807, 2.05) is 45.0 Å². The number of aliphatic hydroxyl groups is 1. The maximum atomic E-state index is 13.0. The Labute approximate surface area is 183 Å². The standard InChI is InChI=1S/C25H29NO5/c1-16(2)31-20-12-10-19(11-13-20)23(27)21-22(18-8-6-17(3)7-9-18)26(14-5-15-30-4)25(29)24(21)28/h6-13,16,22,27H,5,14-15H2,1-4H3/b23-21+. The highest BCUT2D eigenvalue weighted by Crippen LogP contribution is 2.39. The molecule has 0 bridgehead atoms. The maximum absolute atomic E-state index is 13.0. The van der Waals surface area contributed by atoms with E-state index in [1.54, 1.807) is 31.4 Å². The fourth-order valence-corrected chi connectivity index (χ4v) is 3.70. The van der Waals surface area contributed by atoms with E-state index < -0.39 is 17.7 Å². The Hall–Kier alpha value is -3.12.